The fourth-order valence-electron chi connectivity index (χ4n) is 1.61. The molecule has 0 spiro atoms. The molecule has 0 heterocycles. The van der Waals surface area contributed by atoms with Crippen LogP contribution in [-0.4, -0.2) is 30.6 Å². The summed E-state index contributed by atoms with van der Waals surface area (Å²) in [5.41, 5.74) is 0.522. The van der Waals surface area contributed by atoms with Crippen LogP contribution in [-0.2, 0) is 0 Å². The molecule has 1 aromatic rings. The van der Waals surface area contributed by atoms with Gasteiger partial charge in [-0.05, 0) is 37.0 Å². The first kappa shape index (κ1) is 14.6. The van der Waals surface area contributed by atoms with E-state index in [9.17, 15) is 10.1 Å². The molecule has 100 valence electrons. The molecule has 0 aliphatic heterocycles. The number of thioether (sulfide) groups is 1. The number of unbranched alkanes of at least 4 members (excludes halogenated alkanes) is 1. The van der Waals surface area contributed by atoms with Gasteiger partial charge in [0.25, 0.3) is 0 Å². The minimum Gasteiger partial charge on any atom is -0.490 e. The molecule has 0 amide bonds. The first-order valence-electron chi connectivity index (χ1n) is 5.75. The normalized spacial score (nSPS) is 10.1. The van der Waals surface area contributed by atoms with Crippen LogP contribution in [0.4, 0.5) is 11.4 Å². The molecule has 5 nitrogen and oxygen atoms in total. The van der Waals surface area contributed by atoms with Crippen molar-refractivity contribution in [3.8, 4) is 5.75 Å². The van der Waals surface area contributed by atoms with Crippen molar-refractivity contribution in [3.63, 3.8) is 0 Å². The van der Waals surface area contributed by atoms with Crippen LogP contribution in [0.2, 0.25) is 0 Å². The van der Waals surface area contributed by atoms with Crippen molar-refractivity contribution in [1.29, 1.82) is 0 Å². The summed E-state index contributed by atoms with van der Waals surface area (Å²) in [7, 11) is 1.44. The highest BCUT2D eigenvalue weighted by Crippen LogP contribution is 2.34. The van der Waals surface area contributed by atoms with Crippen LogP contribution >= 0.6 is 11.8 Å². The smallest absolute Gasteiger partial charge is 0.333 e. The molecule has 0 unspecified atom stereocenters. The maximum atomic E-state index is 11.0. The summed E-state index contributed by atoms with van der Waals surface area (Å²) in [6, 6.07) is 5.04. The van der Waals surface area contributed by atoms with E-state index in [1.807, 2.05) is 0 Å². The molecule has 0 saturated heterocycles. The Hall–Kier alpha value is -1.43. The first-order valence-corrected chi connectivity index (χ1v) is 7.14. The average molecular weight is 270 g/mol. The van der Waals surface area contributed by atoms with E-state index in [0.29, 0.717) is 5.69 Å². The van der Waals surface area contributed by atoms with Crippen LogP contribution < -0.4 is 10.1 Å². The predicted octanol–water partition coefficient (Wildman–Crippen LogP) is 3.16. The molecular formula is C12H18N2O3S. The van der Waals surface area contributed by atoms with Crippen molar-refractivity contribution >= 4 is 23.1 Å². The topological polar surface area (TPSA) is 64.4 Å². The van der Waals surface area contributed by atoms with Gasteiger partial charge in [0.15, 0.2) is 5.75 Å². The van der Waals surface area contributed by atoms with Crippen molar-refractivity contribution in [1.82, 2.24) is 0 Å². The maximum Gasteiger partial charge on any atom is 0.333 e. The molecule has 0 saturated carbocycles. The first-order chi connectivity index (χ1) is 8.70. The SMILES string of the molecule is COc1cccc(NCCCCSC)c1[N+](=O)[O-]. The molecule has 6 heteroatoms. The summed E-state index contributed by atoms with van der Waals surface area (Å²) in [6.07, 6.45) is 4.17. The molecular weight excluding hydrogens is 252 g/mol. The van der Waals surface area contributed by atoms with Crippen LogP contribution in [0.5, 0.6) is 5.75 Å². The van der Waals surface area contributed by atoms with Gasteiger partial charge < -0.3 is 10.1 Å². The van der Waals surface area contributed by atoms with Gasteiger partial charge in [0.2, 0.25) is 0 Å². The third kappa shape index (κ3) is 4.10. The largest absolute Gasteiger partial charge is 0.490 e. The van der Waals surface area contributed by atoms with Crippen LogP contribution in [0, 0.1) is 10.1 Å². The number of anilines is 1. The summed E-state index contributed by atoms with van der Waals surface area (Å²) in [4.78, 5) is 10.6. The van der Waals surface area contributed by atoms with Crippen LogP contribution in [0.1, 0.15) is 12.8 Å². The zero-order valence-corrected chi connectivity index (χ0v) is 11.5. The minimum atomic E-state index is -0.414. The number of para-hydroxylation sites is 1. The van der Waals surface area contributed by atoms with Gasteiger partial charge in [-0.15, -0.1) is 0 Å². The summed E-state index contributed by atoms with van der Waals surface area (Å²) in [6.45, 7) is 0.731. The van der Waals surface area contributed by atoms with Gasteiger partial charge in [-0.2, -0.15) is 11.8 Å². The molecule has 0 atom stereocenters. The Labute approximate surface area is 111 Å². The number of methoxy groups -OCH3 is 1. The highest BCUT2D eigenvalue weighted by Gasteiger charge is 2.19. The molecule has 0 aliphatic carbocycles. The Morgan fingerprint density at radius 2 is 2.22 bits per heavy atom. The van der Waals surface area contributed by atoms with E-state index in [4.69, 9.17) is 4.74 Å². The van der Waals surface area contributed by atoms with Gasteiger partial charge in [0.1, 0.15) is 5.69 Å². The van der Waals surface area contributed by atoms with Gasteiger partial charge in [0, 0.05) is 6.54 Å². The molecule has 1 N–H and O–H groups in total. The Balaban J connectivity index is 2.67. The fraction of sp³-hybridized carbons (Fsp3) is 0.500. The van der Waals surface area contributed by atoms with Crippen LogP contribution in [0.15, 0.2) is 18.2 Å². The summed E-state index contributed by atoms with van der Waals surface area (Å²) < 4.78 is 5.01. The third-order valence-corrected chi connectivity index (χ3v) is 3.19. The Kier molecular flexibility index (Phi) is 6.35. The highest BCUT2D eigenvalue weighted by molar-refractivity contribution is 7.98. The fourth-order valence-corrected chi connectivity index (χ4v) is 2.11. The number of nitrogens with one attached hydrogen (secondary N) is 1. The zero-order valence-electron chi connectivity index (χ0n) is 10.6. The lowest BCUT2D eigenvalue weighted by Gasteiger charge is -2.09. The molecule has 0 radical (unpaired) electrons. The number of nitrogens with zero attached hydrogens (tertiary/aromatic N) is 1. The van der Waals surface area contributed by atoms with E-state index in [-0.39, 0.29) is 11.4 Å². The van der Waals surface area contributed by atoms with Gasteiger partial charge >= 0.3 is 5.69 Å². The minimum absolute atomic E-state index is 0.00451. The number of ether oxygens (including phenoxy) is 1. The molecule has 0 aromatic heterocycles. The van der Waals surface area contributed by atoms with Gasteiger partial charge in [0.05, 0.1) is 12.0 Å². The maximum absolute atomic E-state index is 11.0. The second kappa shape index (κ2) is 7.81. The predicted molar refractivity (Wildman–Crippen MR) is 75.8 cm³/mol. The van der Waals surface area contributed by atoms with E-state index in [1.54, 1.807) is 30.0 Å². The molecule has 0 aliphatic rings. The molecule has 1 aromatic carbocycles. The quantitative estimate of drug-likeness (QED) is 0.446. The third-order valence-electron chi connectivity index (χ3n) is 2.49. The van der Waals surface area contributed by atoms with E-state index in [1.165, 1.54) is 7.11 Å². The number of nitro benzene ring substituents is 1. The Bertz CT molecular complexity index is 399. The van der Waals surface area contributed by atoms with Crippen molar-refractivity contribution in [2.75, 3.05) is 31.0 Å². The Morgan fingerprint density at radius 3 is 2.83 bits per heavy atom. The van der Waals surface area contributed by atoms with Crippen molar-refractivity contribution < 1.29 is 9.66 Å². The highest BCUT2D eigenvalue weighted by atomic mass is 32.2. The van der Waals surface area contributed by atoms with Gasteiger partial charge in [-0.25, -0.2) is 0 Å². The van der Waals surface area contributed by atoms with Gasteiger partial charge in [-0.1, -0.05) is 6.07 Å². The van der Waals surface area contributed by atoms with E-state index in [0.717, 1.165) is 25.1 Å². The van der Waals surface area contributed by atoms with Crippen LogP contribution in [0.25, 0.3) is 0 Å². The Morgan fingerprint density at radius 1 is 1.44 bits per heavy atom. The number of nitro groups is 1. The lowest BCUT2D eigenvalue weighted by atomic mass is 10.2. The van der Waals surface area contributed by atoms with Crippen molar-refractivity contribution in [2.24, 2.45) is 0 Å². The molecule has 0 bridgehead atoms. The number of hydrogen-bond donors (Lipinski definition) is 1. The summed E-state index contributed by atoms with van der Waals surface area (Å²) in [5.74, 6) is 1.40. The molecule has 0 fully saturated rings. The lowest BCUT2D eigenvalue weighted by molar-refractivity contribution is -0.384. The summed E-state index contributed by atoms with van der Waals surface area (Å²) in [5, 5.41) is 14.1. The molecule has 1 rings (SSSR count). The monoisotopic (exact) mass is 270 g/mol. The average Bonchev–Trinajstić information content (AvgIpc) is 2.37. The van der Waals surface area contributed by atoms with Crippen LogP contribution in [0.3, 0.4) is 0 Å². The second-order valence-electron chi connectivity index (χ2n) is 3.74. The second-order valence-corrected chi connectivity index (χ2v) is 4.73. The standard InChI is InChI=1S/C12H18N2O3S/c1-17-11-7-5-6-10(12(11)14(15)16)13-8-3-4-9-18-2/h5-7,13H,3-4,8-9H2,1-2H3. The zero-order chi connectivity index (χ0) is 13.4. The van der Waals surface area contributed by atoms with E-state index < -0.39 is 4.92 Å². The van der Waals surface area contributed by atoms with Gasteiger partial charge in [-0.3, -0.25) is 10.1 Å². The van der Waals surface area contributed by atoms with Crippen molar-refractivity contribution in [3.05, 3.63) is 28.3 Å². The van der Waals surface area contributed by atoms with E-state index in [2.05, 4.69) is 11.6 Å². The van der Waals surface area contributed by atoms with E-state index >= 15 is 0 Å². The number of hydrogen-bond acceptors (Lipinski definition) is 5. The van der Waals surface area contributed by atoms with Crippen molar-refractivity contribution in [2.45, 2.75) is 12.8 Å². The number of benzene rings is 1. The molecule has 18 heavy (non-hydrogen) atoms. The lowest BCUT2D eigenvalue weighted by Crippen LogP contribution is -2.05. The number of rotatable bonds is 8. The summed E-state index contributed by atoms with van der Waals surface area (Å²) >= 11 is 1.81.